The van der Waals surface area contributed by atoms with Gasteiger partial charge in [-0.3, -0.25) is 0 Å². The molecule has 0 atom stereocenters. The minimum atomic E-state index is -0.0748. The molecule has 2 rings (SSSR count). The number of rotatable bonds is 3. The first-order valence-corrected chi connectivity index (χ1v) is 7.35. The maximum atomic E-state index is 10.0. The lowest BCUT2D eigenvalue weighted by Gasteiger charge is -2.11. The highest BCUT2D eigenvalue weighted by atomic mass is 32.2. The highest BCUT2D eigenvalue weighted by molar-refractivity contribution is 8.00. The molecular weight excluding hydrogens is 258 g/mol. The Hall–Kier alpha value is -1.42. The first kappa shape index (κ1) is 14.0. The Bertz CT molecular complexity index is 609. The van der Waals surface area contributed by atoms with E-state index in [4.69, 9.17) is 0 Å². The van der Waals surface area contributed by atoms with Crippen molar-refractivity contribution in [3.8, 4) is 11.6 Å². The molecule has 0 radical (unpaired) electrons. The average Bonchev–Trinajstić information content (AvgIpc) is 2.30. The number of hydrogen-bond donors (Lipinski definition) is 2. The Balaban J connectivity index is 2.77. The first-order chi connectivity index (χ1) is 8.91. The van der Waals surface area contributed by atoms with Crippen molar-refractivity contribution in [3.05, 3.63) is 24.3 Å². The van der Waals surface area contributed by atoms with E-state index in [2.05, 4.69) is 13.8 Å². The van der Waals surface area contributed by atoms with Crippen LogP contribution in [0, 0.1) is 0 Å². The van der Waals surface area contributed by atoms with E-state index in [1.807, 2.05) is 32.0 Å². The smallest absolute Gasteiger partial charge is 0.409 e. The number of aromatic nitrogens is 1. The maximum absolute atomic E-state index is 10.0. The Kier molecular flexibility index (Phi) is 3.90. The van der Waals surface area contributed by atoms with Crippen LogP contribution in [0.4, 0.5) is 0 Å². The molecule has 1 aromatic heterocycles. The van der Waals surface area contributed by atoms with Crippen molar-refractivity contribution in [2.75, 3.05) is 0 Å². The molecule has 0 aliphatic heterocycles. The van der Waals surface area contributed by atoms with Crippen molar-refractivity contribution in [2.45, 2.75) is 43.9 Å². The van der Waals surface area contributed by atoms with Crippen LogP contribution in [0.15, 0.2) is 29.2 Å². The van der Waals surface area contributed by atoms with E-state index in [1.54, 1.807) is 22.4 Å². The number of pyridine rings is 1. The van der Waals surface area contributed by atoms with Gasteiger partial charge in [-0.05, 0) is 19.9 Å². The van der Waals surface area contributed by atoms with Gasteiger partial charge in [0.15, 0.2) is 6.04 Å². The Morgan fingerprint density at radius 1 is 1.11 bits per heavy atom. The second-order valence-electron chi connectivity index (χ2n) is 5.17. The number of fused-ring (bicyclic) bond motifs is 1. The van der Waals surface area contributed by atoms with Crippen LogP contribution >= 0.6 is 11.8 Å². The number of nitrogens with zero attached hydrogens (tertiary/aromatic N) is 1. The zero-order valence-electron chi connectivity index (χ0n) is 11.7. The summed E-state index contributed by atoms with van der Waals surface area (Å²) in [7, 11) is 0. The average molecular weight is 278 g/mol. The number of hydrogen-bond acceptors (Lipinski definition) is 3. The fraction of sp³-hybridized carbons (Fsp3) is 0.400. The van der Waals surface area contributed by atoms with Gasteiger partial charge >= 0.3 is 5.88 Å². The third-order valence-corrected chi connectivity index (χ3v) is 4.00. The molecule has 0 unspecified atom stereocenters. The van der Waals surface area contributed by atoms with E-state index in [0.717, 1.165) is 15.8 Å². The van der Waals surface area contributed by atoms with E-state index in [-0.39, 0.29) is 17.7 Å². The fourth-order valence-corrected chi connectivity index (χ4v) is 3.16. The standard InChI is InChI=1S/C15H19NO2S/c1-9(2)16-12-6-5-7-14(19-10(3)4)11(12)8-13(17)15(16)18/h5-10,17H,1-4H3/p+1. The van der Waals surface area contributed by atoms with E-state index in [9.17, 15) is 10.2 Å². The van der Waals surface area contributed by atoms with Gasteiger partial charge in [0.2, 0.25) is 11.3 Å². The molecule has 19 heavy (non-hydrogen) atoms. The summed E-state index contributed by atoms with van der Waals surface area (Å²) >= 11 is 1.76. The molecule has 1 heterocycles. The predicted octanol–water partition coefficient (Wildman–Crippen LogP) is 3.62. The van der Waals surface area contributed by atoms with E-state index in [0.29, 0.717) is 5.25 Å². The summed E-state index contributed by atoms with van der Waals surface area (Å²) in [6.45, 7) is 8.25. The highest BCUT2D eigenvalue weighted by Crippen LogP contribution is 2.34. The molecular formula is C15H20NO2S+. The Morgan fingerprint density at radius 3 is 2.37 bits per heavy atom. The number of aromatic hydroxyl groups is 2. The molecule has 2 aromatic rings. The van der Waals surface area contributed by atoms with Crippen LogP contribution in [0.2, 0.25) is 0 Å². The summed E-state index contributed by atoms with van der Waals surface area (Å²) < 4.78 is 1.76. The van der Waals surface area contributed by atoms with Crippen molar-refractivity contribution in [3.63, 3.8) is 0 Å². The summed E-state index contributed by atoms with van der Waals surface area (Å²) in [5.41, 5.74) is 0.941. The van der Waals surface area contributed by atoms with Crippen molar-refractivity contribution in [1.29, 1.82) is 0 Å². The SMILES string of the molecule is CC(C)Sc1cccc2c1cc(O)c(O)[n+]2C(C)C. The maximum Gasteiger partial charge on any atom is 0.409 e. The molecule has 0 bridgehead atoms. The van der Waals surface area contributed by atoms with Gasteiger partial charge in [-0.1, -0.05) is 19.9 Å². The van der Waals surface area contributed by atoms with Crippen LogP contribution in [0.3, 0.4) is 0 Å². The fourth-order valence-electron chi connectivity index (χ4n) is 2.21. The highest BCUT2D eigenvalue weighted by Gasteiger charge is 2.24. The first-order valence-electron chi connectivity index (χ1n) is 6.47. The third-order valence-electron chi connectivity index (χ3n) is 2.92. The molecule has 0 fully saturated rings. The number of benzene rings is 1. The van der Waals surface area contributed by atoms with Crippen LogP contribution < -0.4 is 4.57 Å². The lowest BCUT2D eigenvalue weighted by molar-refractivity contribution is -0.697. The number of thioether (sulfide) groups is 1. The van der Waals surface area contributed by atoms with Crippen LogP contribution in [-0.2, 0) is 0 Å². The molecule has 0 aliphatic rings. The third kappa shape index (κ3) is 2.63. The zero-order chi connectivity index (χ0) is 14.2. The normalized spacial score (nSPS) is 11.7. The van der Waals surface area contributed by atoms with E-state index < -0.39 is 0 Å². The van der Waals surface area contributed by atoms with Gasteiger partial charge in [0, 0.05) is 22.3 Å². The topological polar surface area (TPSA) is 44.3 Å². The van der Waals surface area contributed by atoms with Gasteiger partial charge in [-0.25, -0.2) is 0 Å². The van der Waals surface area contributed by atoms with Gasteiger partial charge in [0.25, 0.3) is 0 Å². The summed E-state index contributed by atoms with van der Waals surface area (Å²) in [5.74, 6) is -0.146. The van der Waals surface area contributed by atoms with Crippen LogP contribution in [0.1, 0.15) is 33.7 Å². The minimum Gasteiger partial charge on any atom is -0.500 e. The molecule has 0 spiro atoms. The van der Waals surface area contributed by atoms with Crippen molar-refractivity contribution >= 4 is 22.7 Å². The Labute approximate surface area is 117 Å². The molecule has 2 N–H and O–H groups in total. The van der Waals surface area contributed by atoms with Gasteiger partial charge in [-0.2, -0.15) is 4.57 Å². The lowest BCUT2D eigenvalue weighted by Crippen LogP contribution is -2.37. The lowest BCUT2D eigenvalue weighted by atomic mass is 10.2. The van der Waals surface area contributed by atoms with Gasteiger partial charge in [-0.15, -0.1) is 11.8 Å². The van der Waals surface area contributed by atoms with E-state index >= 15 is 0 Å². The molecule has 0 aliphatic carbocycles. The van der Waals surface area contributed by atoms with Gasteiger partial charge < -0.3 is 10.2 Å². The summed E-state index contributed by atoms with van der Waals surface area (Å²) in [4.78, 5) is 1.12. The molecule has 102 valence electrons. The summed E-state index contributed by atoms with van der Waals surface area (Å²) in [6.07, 6.45) is 0. The van der Waals surface area contributed by atoms with Crippen molar-refractivity contribution < 1.29 is 14.8 Å². The van der Waals surface area contributed by atoms with Crippen LogP contribution in [-0.4, -0.2) is 15.5 Å². The zero-order valence-corrected chi connectivity index (χ0v) is 12.5. The van der Waals surface area contributed by atoms with Crippen molar-refractivity contribution in [1.82, 2.24) is 0 Å². The van der Waals surface area contributed by atoms with Crippen LogP contribution in [0.25, 0.3) is 10.9 Å². The largest absolute Gasteiger partial charge is 0.500 e. The molecule has 0 saturated heterocycles. The molecule has 3 nitrogen and oxygen atoms in total. The van der Waals surface area contributed by atoms with E-state index in [1.165, 1.54) is 0 Å². The minimum absolute atomic E-state index is 0.0713. The van der Waals surface area contributed by atoms with Gasteiger partial charge in [0.05, 0.1) is 5.39 Å². The molecule has 1 aromatic carbocycles. The van der Waals surface area contributed by atoms with Crippen LogP contribution in [0.5, 0.6) is 11.6 Å². The molecule has 4 heteroatoms. The quantitative estimate of drug-likeness (QED) is 0.666. The second kappa shape index (κ2) is 5.29. The Morgan fingerprint density at radius 2 is 1.79 bits per heavy atom. The summed E-state index contributed by atoms with van der Waals surface area (Å²) in [5, 5.41) is 21.4. The summed E-state index contributed by atoms with van der Waals surface area (Å²) in [6, 6.07) is 7.73. The predicted molar refractivity (Wildman–Crippen MR) is 78.9 cm³/mol. The van der Waals surface area contributed by atoms with Gasteiger partial charge in [0.1, 0.15) is 0 Å². The second-order valence-corrected chi connectivity index (χ2v) is 6.79. The van der Waals surface area contributed by atoms with Crippen molar-refractivity contribution in [2.24, 2.45) is 0 Å². The molecule has 0 amide bonds. The monoisotopic (exact) mass is 278 g/mol. The molecule has 0 saturated carbocycles.